The molecule has 1 heterocycles. The number of aromatic nitrogens is 3. The molecule has 0 bridgehead atoms. The molecule has 100 valence electrons. The van der Waals surface area contributed by atoms with Crippen LogP contribution in [0.15, 0.2) is 6.33 Å². The Morgan fingerprint density at radius 3 is 2.61 bits per heavy atom. The number of hydrogen-bond acceptors (Lipinski definition) is 6. The fraction of sp³-hybridized carbons (Fsp3) is 0.600. The minimum Gasteiger partial charge on any atom is -0.454 e. The van der Waals surface area contributed by atoms with E-state index in [4.69, 9.17) is 10.5 Å². The van der Waals surface area contributed by atoms with E-state index in [2.05, 4.69) is 10.1 Å². The Kier molecular flexibility index (Phi) is 5.09. The second kappa shape index (κ2) is 6.58. The van der Waals surface area contributed by atoms with Crippen molar-refractivity contribution in [2.45, 2.75) is 20.4 Å². The van der Waals surface area contributed by atoms with Gasteiger partial charge in [-0.05, 0) is 13.8 Å². The van der Waals surface area contributed by atoms with Gasteiger partial charge in [0.2, 0.25) is 5.95 Å². The van der Waals surface area contributed by atoms with Crippen molar-refractivity contribution < 1.29 is 14.3 Å². The minimum absolute atomic E-state index is 0.0852. The molecular weight excluding hydrogens is 238 g/mol. The van der Waals surface area contributed by atoms with Gasteiger partial charge in [-0.15, -0.1) is 5.10 Å². The Bertz CT molecular complexity index is 413. The van der Waals surface area contributed by atoms with Crippen LogP contribution in [0.25, 0.3) is 0 Å². The summed E-state index contributed by atoms with van der Waals surface area (Å²) in [4.78, 5) is 28.2. The highest BCUT2D eigenvalue weighted by molar-refractivity contribution is 5.80. The van der Waals surface area contributed by atoms with Crippen LogP contribution in [0.4, 0.5) is 5.95 Å². The van der Waals surface area contributed by atoms with E-state index in [-0.39, 0.29) is 25.0 Å². The van der Waals surface area contributed by atoms with Crippen LogP contribution in [0.5, 0.6) is 0 Å². The molecule has 0 spiro atoms. The zero-order chi connectivity index (χ0) is 13.5. The summed E-state index contributed by atoms with van der Waals surface area (Å²) >= 11 is 0. The number of hydrogen-bond donors (Lipinski definition) is 1. The molecule has 0 atom stereocenters. The average molecular weight is 255 g/mol. The molecule has 0 aliphatic rings. The van der Waals surface area contributed by atoms with Crippen LogP contribution >= 0.6 is 0 Å². The lowest BCUT2D eigenvalue weighted by atomic mass is 10.4. The van der Waals surface area contributed by atoms with Crippen molar-refractivity contribution in [1.82, 2.24) is 19.7 Å². The SMILES string of the molecule is CCN(CC)C(=O)COC(=O)Cn1cnc(N)n1. The quantitative estimate of drug-likeness (QED) is 0.672. The molecule has 1 amide bonds. The summed E-state index contributed by atoms with van der Waals surface area (Å²) in [6, 6.07) is 0. The van der Waals surface area contributed by atoms with Crippen molar-refractivity contribution in [2.24, 2.45) is 0 Å². The van der Waals surface area contributed by atoms with E-state index in [1.54, 1.807) is 4.90 Å². The lowest BCUT2D eigenvalue weighted by Crippen LogP contribution is -2.34. The van der Waals surface area contributed by atoms with Crippen molar-refractivity contribution in [1.29, 1.82) is 0 Å². The fourth-order valence-electron chi connectivity index (χ4n) is 1.37. The molecule has 0 unspecified atom stereocenters. The Labute approximate surface area is 105 Å². The van der Waals surface area contributed by atoms with Crippen molar-refractivity contribution in [2.75, 3.05) is 25.4 Å². The Balaban J connectivity index is 2.35. The van der Waals surface area contributed by atoms with Gasteiger partial charge in [0.1, 0.15) is 12.9 Å². The number of nitrogen functional groups attached to an aromatic ring is 1. The summed E-state index contributed by atoms with van der Waals surface area (Å²) in [7, 11) is 0. The predicted molar refractivity (Wildman–Crippen MR) is 63.3 cm³/mol. The van der Waals surface area contributed by atoms with Gasteiger partial charge in [-0.2, -0.15) is 0 Å². The summed E-state index contributed by atoms with van der Waals surface area (Å²) in [6.45, 7) is 4.53. The van der Waals surface area contributed by atoms with E-state index in [0.29, 0.717) is 13.1 Å². The van der Waals surface area contributed by atoms with Crippen LogP contribution in [0.1, 0.15) is 13.8 Å². The fourth-order valence-corrected chi connectivity index (χ4v) is 1.37. The Morgan fingerprint density at radius 2 is 2.11 bits per heavy atom. The zero-order valence-electron chi connectivity index (χ0n) is 10.5. The van der Waals surface area contributed by atoms with Gasteiger partial charge in [0.15, 0.2) is 6.61 Å². The third kappa shape index (κ3) is 4.04. The smallest absolute Gasteiger partial charge is 0.328 e. The van der Waals surface area contributed by atoms with Crippen LogP contribution in [-0.4, -0.2) is 51.2 Å². The maximum atomic E-state index is 11.6. The number of rotatable bonds is 6. The minimum atomic E-state index is -0.555. The summed E-state index contributed by atoms with van der Waals surface area (Å²) in [6.07, 6.45) is 1.32. The molecule has 0 aliphatic carbocycles. The summed E-state index contributed by atoms with van der Waals surface area (Å²) in [5.74, 6) is -0.686. The van der Waals surface area contributed by atoms with E-state index in [9.17, 15) is 9.59 Å². The largest absolute Gasteiger partial charge is 0.454 e. The van der Waals surface area contributed by atoms with Gasteiger partial charge in [0, 0.05) is 13.1 Å². The van der Waals surface area contributed by atoms with Crippen molar-refractivity contribution in [3.8, 4) is 0 Å². The molecule has 8 nitrogen and oxygen atoms in total. The first kappa shape index (κ1) is 13.9. The van der Waals surface area contributed by atoms with Gasteiger partial charge in [-0.1, -0.05) is 0 Å². The second-order valence-electron chi connectivity index (χ2n) is 3.53. The van der Waals surface area contributed by atoms with Crippen LogP contribution in [0, 0.1) is 0 Å². The average Bonchev–Trinajstić information content (AvgIpc) is 2.73. The normalized spacial score (nSPS) is 10.1. The molecule has 1 rings (SSSR count). The zero-order valence-corrected chi connectivity index (χ0v) is 10.5. The molecule has 0 saturated heterocycles. The summed E-state index contributed by atoms with van der Waals surface area (Å²) in [5, 5.41) is 3.73. The predicted octanol–water partition coefficient (Wildman–Crippen LogP) is -0.728. The van der Waals surface area contributed by atoms with Crippen LogP contribution < -0.4 is 5.73 Å². The molecule has 1 aromatic rings. The number of esters is 1. The number of ether oxygens (including phenoxy) is 1. The molecule has 1 aromatic heterocycles. The first-order valence-electron chi connectivity index (χ1n) is 5.65. The molecule has 0 fully saturated rings. The second-order valence-corrected chi connectivity index (χ2v) is 3.53. The van der Waals surface area contributed by atoms with Crippen LogP contribution in [0.2, 0.25) is 0 Å². The van der Waals surface area contributed by atoms with Crippen molar-refractivity contribution >= 4 is 17.8 Å². The molecule has 8 heteroatoms. The van der Waals surface area contributed by atoms with E-state index in [1.807, 2.05) is 13.8 Å². The third-order valence-electron chi connectivity index (χ3n) is 2.32. The lowest BCUT2D eigenvalue weighted by molar-refractivity contribution is -0.152. The highest BCUT2D eigenvalue weighted by Crippen LogP contribution is 1.94. The maximum absolute atomic E-state index is 11.6. The molecule has 18 heavy (non-hydrogen) atoms. The van der Waals surface area contributed by atoms with Crippen LogP contribution in [-0.2, 0) is 20.9 Å². The molecular formula is C10H17N5O3. The Morgan fingerprint density at radius 1 is 1.44 bits per heavy atom. The van der Waals surface area contributed by atoms with Gasteiger partial charge >= 0.3 is 5.97 Å². The van der Waals surface area contributed by atoms with E-state index in [1.165, 1.54) is 11.0 Å². The highest BCUT2D eigenvalue weighted by Gasteiger charge is 2.13. The lowest BCUT2D eigenvalue weighted by Gasteiger charge is -2.18. The van der Waals surface area contributed by atoms with Crippen molar-refractivity contribution in [3.63, 3.8) is 0 Å². The molecule has 0 saturated carbocycles. The Hall–Kier alpha value is -2.12. The maximum Gasteiger partial charge on any atom is 0.328 e. The number of carbonyl (C=O) groups excluding carboxylic acids is 2. The molecule has 0 aromatic carbocycles. The standard InChI is InChI=1S/C10H17N5O3/c1-3-14(4-2)8(16)6-18-9(17)5-15-7-12-10(11)13-15/h7H,3-6H2,1-2H3,(H2,11,13). The first-order chi connectivity index (χ1) is 8.56. The molecule has 2 N–H and O–H groups in total. The molecule has 0 radical (unpaired) electrons. The summed E-state index contributed by atoms with van der Waals surface area (Å²) in [5.41, 5.74) is 5.30. The monoisotopic (exact) mass is 255 g/mol. The van der Waals surface area contributed by atoms with Gasteiger partial charge in [0.25, 0.3) is 5.91 Å². The third-order valence-corrected chi connectivity index (χ3v) is 2.32. The van der Waals surface area contributed by atoms with E-state index < -0.39 is 5.97 Å². The van der Waals surface area contributed by atoms with Gasteiger partial charge in [-0.3, -0.25) is 9.59 Å². The highest BCUT2D eigenvalue weighted by atomic mass is 16.5. The summed E-state index contributed by atoms with van der Waals surface area (Å²) < 4.78 is 6.09. The number of amides is 1. The number of anilines is 1. The van der Waals surface area contributed by atoms with E-state index in [0.717, 1.165) is 0 Å². The van der Waals surface area contributed by atoms with E-state index >= 15 is 0 Å². The van der Waals surface area contributed by atoms with Gasteiger partial charge in [-0.25, -0.2) is 9.67 Å². The number of nitrogens with zero attached hydrogens (tertiary/aromatic N) is 4. The number of nitrogens with two attached hydrogens (primary N) is 1. The van der Waals surface area contributed by atoms with Gasteiger partial charge in [0.05, 0.1) is 0 Å². The number of carbonyl (C=O) groups is 2. The topological polar surface area (TPSA) is 103 Å². The van der Waals surface area contributed by atoms with Crippen molar-refractivity contribution in [3.05, 3.63) is 6.33 Å². The molecule has 0 aliphatic heterocycles. The van der Waals surface area contributed by atoms with Crippen LogP contribution in [0.3, 0.4) is 0 Å². The number of likely N-dealkylation sites (N-methyl/N-ethyl adjacent to an activating group) is 1. The first-order valence-corrected chi connectivity index (χ1v) is 5.65. The van der Waals surface area contributed by atoms with Gasteiger partial charge < -0.3 is 15.4 Å².